The molecule has 19 heavy (non-hydrogen) atoms. The van der Waals surface area contributed by atoms with Crippen LogP contribution in [0.2, 0.25) is 0 Å². The molecule has 0 aliphatic heterocycles. The maximum Gasteiger partial charge on any atom is 0.230 e. The first-order valence-electron chi connectivity index (χ1n) is 6.49. The molecule has 3 rings (SSSR count). The second kappa shape index (κ2) is 5.06. The molecule has 0 spiro atoms. The molecule has 2 N–H and O–H groups in total. The fraction of sp³-hybridized carbons (Fsp3) is 0.429. The Morgan fingerprint density at radius 2 is 2.21 bits per heavy atom. The highest BCUT2D eigenvalue weighted by atomic mass is 79.9. The van der Waals surface area contributed by atoms with Crippen LogP contribution in [0.4, 0.5) is 0 Å². The van der Waals surface area contributed by atoms with Crippen molar-refractivity contribution >= 4 is 15.9 Å². The van der Waals surface area contributed by atoms with Gasteiger partial charge in [0.25, 0.3) is 0 Å². The molecule has 100 valence electrons. The van der Waals surface area contributed by atoms with E-state index in [0.29, 0.717) is 11.7 Å². The van der Waals surface area contributed by atoms with Crippen molar-refractivity contribution < 1.29 is 4.52 Å². The summed E-state index contributed by atoms with van der Waals surface area (Å²) in [4.78, 5) is 4.52. The molecule has 5 heteroatoms. The lowest BCUT2D eigenvalue weighted by atomic mass is 10.1. The Balaban J connectivity index is 1.88. The Kier molecular flexibility index (Phi) is 3.41. The van der Waals surface area contributed by atoms with Crippen molar-refractivity contribution in [3.63, 3.8) is 0 Å². The van der Waals surface area contributed by atoms with Crippen molar-refractivity contribution in [1.82, 2.24) is 10.1 Å². The third-order valence-electron chi connectivity index (χ3n) is 3.63. The van der Waals surface area contributed by atoms with E-state index in [1.165, 1.54) is 5.56 Å². The summed E-state index contributed by atoms with van der Waals surface area (Å²) < 4.78 is 6.39. The molecular weight excluding hydrogens is 306 g/mol. The van der Waals surface area contributed by atoms with Gasteiger partial charge >= 0.3 is 0 Å². The molecule has 1 saturated carbocycles. The number of halogens is 1. The van der Waals surface area contributed by atoms with Gasteiger partial charge in [0, 0.05) is 22.0 Å². The number of hydrogen-bond donors (Lipinski definition) is 1. The van der Waals surface area contributed by atoms with Gasteiger partial charge in [-0.2, -0.15) is 4.98 Å². The number of aromatic nitrogens is 2. The van der Waals surface area contributed by atoms with Crippen molar-refractivity contribution in [1.29, 1.82) is 0 Å². The maximum absolute atomic E-state index is 5.92. The summed E-state index contributed by atoms with van der Waals surface area (Å²) in [5.41, 5.74) is 8.08. The number of aryl methyl sites for hydroxylation is 1. The minimum Gasteiger partial charge on any atom is -0.339 e. The lowest BCUT2D eigenvalue weighted by Crippen LogP contribution is -2.14. The summed E-state index contributed by atoms with van der Waals surface area (Å²) in [5, 5.41) is 4.09. The molecule has 1 fully saturated rings. The van der Waals surface area contributed by atoms with Gasteiger partial charge in [-0.1, -0.05) is 27.2 Å². The molecule has 1 aromatic heterocycles. The minimum atomic E-state index is 0.270. The number of nitrogens with two attached hydrogens (primary N) is 1. The number of nitrogens with zero attached hydrogens (tertiary/aromatic N) is 2. The Bertz CT molecular complexity index is 596. The zero-order chi connectivity index (χ0) is 13.4. The quantitative estimate of drug-likeness (QED) is 0.920. The van der Waals surface area contributed by atoms with E-state index in [2.05, 4.69) is 39.1 Å². The smallest absolute Gasteiger partial charge is 0.230 e. The molecular formula is C14H16BrN3O. The molecule has 0 amide bonds. The molecule has 2 unspecified atom stereocenters. The van der Waals surface area contributed by atoms with Crippen LogP contribution in [0.15, 0.2) is 27.2 Å². The summed E-state index contributed by atoms with van der Waals surface area (Å²) in [6, 6.07) is 6.37. The third-order valence-corrected chi connectivity index (χ3v) is 4.29. The van der Waals surface area contributed by atoms with E-state index in [4.69, 9.17) is 10.3 Å². The van der Waals surface area contributed by atoms with Gasteiger partial charge in [0.05, 0.1) is 0 Å². The molecule has 0 bridgehead atoms. The number of benzene rings is 1. The van der Waals surface area contributed by atoms with Crippen LogP contribution >= 0.6 is 15.9 Å². The van der Waals surface area contributed by atoms with Gasteiger partial charge < -0.3 is 10.3 Å². The van der Waals surface area contributed by atoms with E-state index in [1.54, 1.807) is 0 Å². The average Bonchev–Trinajstić information content (AvgIpc) is 2.97. The normalized spacial score (nSPS) is 22.9. The van der Waals surface area contributed by atoms with Crippen LogP contribution in [0.25, 0.3) is 11.4 Å². The van der Waals surface area contributed by atoms with Crippen molar-refractivity contribution in [3.8, 4) is 11.4 Å². The average molecular weight is 322 g/mol. The van der Waals surface area contributed by atoms with Gasteiger partial charge in [0.15, 0.2) is 0 Å². The predicted octanol–water partition coefficient (Wildman–Crippen LogP) is 3.40. The van der Waals surface area contributed by atoms with Crippen LogP contribution in [0.3, 0.4) is 0 Å². The molecule has 0 saturated heterocycles. The highest BCUT2D eigenvalue weighted by molar-refractivity contribution is 9.10. The van der Waals surface area contributed by atoms with Crippen molar-refractivity contribution in [2.75, 3.05) is 0 Å². The zero-order valence-electron chi connectivity index (χ0n) is 10.8. The molecule has 2 atom stereocenters. The van der Waals surface area contributed by atoms with E-state index in [-0.39, 0.29) is 6.04 Å². The van der Waals surface area contributed by atoms with Gasteiger partial charge in [-0.15, -0.1) is 0 Å². The molecule has 1 heterocycles. The summed E-state index contributed by atoms with van der Waals surface area (Å²) in [5.74, 6) is 1.68. The first-order chi connectivity index (χ1) is 9.13. The topological polar surface area (TPSA) is 64.9 Å². The first kappa shape index (κ1) is 12.8. The van der Waals surface area contributed by atoms with Gasteiger partial charge in [0.2, 0.25) is 11.7 Å². The fourth-order valence-electron chi connectivity index (χ4n) is 2.55. The maximum atomic E-state index is 5.92. The predicted molar refractivity (Wildman–Crippen MR) is 76.7 cm³/mol. The Morgan fingerprint density at radius 3 is 2.89 bits per heavy atom. The Morgan fingerprint density at radius 1 is 1.37 bits per heavy atom. The lowest BCUT2D eigenvalue weighted by molar-refractivity contribution is 0.353. The van der Waals surface area contributed by atoms with Crippen molar-refractivity contribution in [3.05, 3.63) is 34.1 Å². The van der Waals surface area contributed by atoms with Crippen LogP contribution in [-0.4, -0.2) is 16.2 Å². The van der Waals surface area contributed by atoms with E-state index in [1.807, 2.05) is 12.1 Å². The number of rotatable bonds is 2. The van der Waals surface area contributed by atoms with Crippen molar-refractivity contribution in [2.24, 2.45) is 5.73 Å². The summed E-state index contributed by atoms with van der Waals surface area (Å²) in [6.07, 6.45) is 3.02. The Hall–Kier alpha value is -1.20. The van der Waals surface area contributed by atoms with E-state index in [0.717, 1.165) is 35.2 Å². The monoisotopic (exact) mass is 321 g/mol. The van der Waals surface area contributed by atoms with Crippen LogP contribution in [0, 0.1) is 6.92 Å². The Labute approximate surface area is 120 Å². The standard InChI is InChI=1S/C14H16BrN3O/c1-8-2-5-11(12(15)6-8)13-17-14(19-18-13)9-3-4-10(16)7-9/h2,5-6,9-10H,3-4,7,16H2,1H3. The van der Waals surface area contributed by atoms with Gasteiger partial charge in [-0.25, -0.2) is 0 Å². The summed E-state index contributed by atoms with van der Waals surface area (Å²) >= 11 is 3.54. The molecule has 1 aliphatic rings. The first-order valence-corrected chi connectivity index (χ1v) is 7.28. The largest absolute Gasteiger partial charge is 0.339 e. The molecule has 1 aromatic carbocycles. The van der Waals surface area contributed by atoms with E-state index >= 15 is 0 Å². The molecule has 2 aromatic rings. The molecule has 4 nitrogen and oxygen atoms in total. The second-order valence-electron chi connectivity index (χ2n) is 5.21. The zero-order valence-corrected chi connectivity index (χ0v) is 12.4. The van der Waals surface area contributed by atoms with Gasteiger partial charge in [-0.3, -0.25) is 0 Å². The van der Waals surface area contributed by atoms with Crippen LogP contribution in [0.5, 0.6) is 0 Å². The molecule has 0 radical (unpaired) electrons. The van der Waals surface area contributed by atoms with E-state index < -0.39 is 0 Å². The summed E-state index contributed by atoms with van der Waals surface area (Å²) in [6.45, 7) is 2.05. The van der Waals surface area contributed by atoms with Gasteiger partial charge in [-0.05, 0) is 43.9 Å². The van der Waals surface area contributed by atoms with Crippen LogP contribution in [-0.2, 0) is 0 Å². The highest BCUT2D eigenvalue weighted by Crippen LogP contribution is 2.34. The fourth-order valence-corrected chi connectivity index (χ4v) is 3.22. The lowest BCUT2D eigenvalue weighted by Gasteiger charge is -2.02. The third kappa shape index (κ3) is 2.58. The van der Waals surface area contributed by atoms with E-state index in [9.17, 15) is 0 Å². The van der Waals surface area contributed by atoms with Crippen LogP contribution in [0.1, 0.15) is 36.6 Å². The minimum absolute atomic E-state index is 0.270. The second-order valence-corrected chi connectivity index (χ2v) is 6.06. The summed E-state index contributed by atoms with van der Waals surface area (Å²) in [7, 11) is 0. The van der Waals surface area contributed by atoms with Crippen LogP contribution < -0.4 is 5.73 Å². The molecule has 1 aliphatic carbocycles. The highest BCUT2D eigenvalue weighted by Gasteiger charge is 2.28. The SMILES string of the molecule is Cc1ccc(-c2noc(C3CCC(N)C3)n2)c(Br)c1. The van der Waals surface area contributed by atoms with Crippen molar-refractivity contribution in [2.45, 2.75) is 38.1 Å². The number of hydrogen-bond acceptors (Lipinski definition) is 4. The van der Waals surface area contributed by atoms with Gasteiger partial charge in [0.1, 0.15) is 0 Å².